The minimum atomic E-state index is -0.471. The number of carbonyl (C=O) groups excluding carboxylic acids is 2. The molecule has 1 amide bonds. The molecule has 0 aliphatic carbocycles. The van der Waals surface area contributed by atoms with Crippen LogP contribution in [0.5, 0.6) is 0 Å². The fourth-order valence-electron chi connectivity index (χ4n) is 2.62. The van der Waals surface area contributed by atoms with Crippen LogP contribution in [0.3, 0.4) is 0 Å². The van der Waals surface area contributed by atoms with E-state index in [9.17, 15) is 9.59 Å². The number of benzene rings is 1. The van der Waals surface area contributed by atoms with Crippen LogP contribution in [0.25, 0.3) is 0 Å². The zero-order chi connectivity index (χ0) is 16.7. The highest BCUT2D eigenvalue weighted by molar-refractivity contribution is 7.99. The van der Waals surface area contributed by atoms with Gasteiger partial charge in [-0.2, -0.15) is 0 Å². The van der Waals surface area contributed by atoms with E-state index >= 15 is 0 Å². The summed E-state index contributed by atoms with van der Waals surface area (Å²) < 4.78 is 5.36. The SMILES string of the molecule is CCCCOC(=O)[C@@H]1CS[C@@H](c2ccccc2)N1C(=O)CCC. The van der Waals surface area contributed by atoms with E-state index < -0.39 is 6.04 Å². The van der Waals surface area contributed by atoms with Crippen molar-refractivity contribution in [2.24, 2.45) is 0 Å². The Morgan fingerprint density at radius 3 is 2.61 bits per heavy atom. The molecule has 0 bridgehead atoms. The van der Waals surface area contributed by atoms with E-state index in [1.807, 2.05) is 37.3 Å². The minimum absolute atomic E-state index is 0.0313. The third-order valence-corrected chi connectivity index (χ3v) is 5.17. The van der Waals surface area contributed by atoms with Crippen LogP contribution in [0.15, 0.2) is 30.3 Å². The van der Waals surface area contributed by atoms with Gasteiger partial charge in [-0.1, -0.05) is 50.6 Å². The van der Waals surface area contributed by atoms with Gasteiger partial charge < -0.3 is 9.64 Å². The van der Waals surface area contributed by atoms with Gasteiger partial charge in [-0.25, -0.2) is 4.79 Å². The molecule has 1 fully saturated rings. The standard InChI is InChI=1S/C18H25NO3S/c1-3-5-12-22-18(21)15-13-23-17(14-10-7-6-8-11-14)19(15)16(20)9-4-2/h6-8,10-11,15,17H,3-5,9,12-13H2,1-2H3/t15-,17-/m0/s1. The first-order valence-corrected chi connectivity index (χ1v) is 9.38. The molecule has 4 nitrogen and oxygen atoms in total. The Bertz CT molecular complexity index is 520. The van der Waals surface area contributed by atoms with Crippen molar-refractivity contribution < 1.29 is 14.3 Å². The van der Waals surface area contributed by atoms with Crippen LogP contribution < -0.4 is 0 Å². The van der Waals surface area contributed by atoms with Gasteiger partial charge in [0.1, 0.15) is 11.4 Å². The van der Waals surface area contributed by atoms with Gasteiger partial charge in [0.25, 0.3) is 0 Å². The molecule has 1 saturated heterocycles. The summed E-state index contributed by atoms with van der Waals surface area (Å²) in [5.74, 6) is 0.359. The predicted molar refractivity (Wildman–Crippen MR) is 93.1 cm³/mol. The Kier molecular flexibility index (Phi) is 6.96. The summed E-state index contributed by atoms with van der Waals surface area (Å²) in [5, 5.41) is -0.0982. The van der Waals surface area contributed by atoms with Crippen LogP contribution in [0.1, 0.15) is 50.5 Å². The molecule has 2 atom stereocenters. The number of esters is 1. The molecule has 1 heterocycles. The van der Waals surface area contributed by atoms with Crippen LogP contribution in [0.2, 0.25) is 0 Å². The molecule has 2 rings (SSSR count). The summed E-state index contributed by atoms with van der Waals surface area (Å²) in [4.78, 5) is 26.7. The van der Waals surface area contributed by atoms with Crippen molar-refractivity contribution in [3.8, 4) is 0 Å². The summed E-state index contributed by atoms with van der Waals surface area (Å²) in [5.41, 5.74) is 1.06. The van der Waals surface area contributed by atoms with Gasteiger partial charge in [0.2, 0.25) is 5.91 Å². The van der Waals surface area contributed by atoms with E-state index in [-0.39, 0.29) is 17.3 Å². The average molecular weight is 335 g/mol. The Balaban J connectivity index is 2.15. The van der Waals surface area contributed by atoms with E-state index in [2.05, 4.69) is 6.92 Å². The molecule has 5 heteroatoms. The molecule has 0 unspecified atom stereocenters. The van der Waals surface area contributed by atoms with Gasteiger partial charge in [0, 0.05) is 12.2 Å². The lowest BCUT2D eigenvalue weighted by Gasteiger charge is -2.28. The van der Waals surface area contributed by atoms with E-state index in [0.717, 1.165) is 24.8 Å². The van der Waals surface area contributed by atoms with Crippen molar-refractivity contribution in [1.82, 2.24) is 4.90 Å². The number of ether oxygens (including phenoxy) is 1. The molecular formula is C18H25NO3S. The normalized spacial score (nSPS) is 20.5. The number of rotatable bonds is 7. The van der Waals surface area contributed by atoms with Crippen molar-refractivity contribution in [1.29, 1.82) is 0 Å². The highest BCUT2D eigenvalue weighted by Gasteiger charge is 2.42. The smallest absolute Gasteiger partial charge is 0.329 e. The molecule has 126 valence electrons. The second-order valence-electron chi connectivity index (χ2n) is 5.68. The molecule has 0 saturated carbocycles. The number of hydrogen-bond donors (Lipinski definition) is 0. The van der Waals surface area contributed by atoms with Crippen molar-refractivity contribution in [3.05, 3.63) is 35.9 Å². The summed E-state index contributed by atoms with van der Waals surface area (Å²) in [6, 6.07) is 9.43. The maximum absolute atomic E-state index is 12.6. The lowest BCUT2D eigenvalue weighted by molar-refractivity contribution is -0.154. The van der Waals surface area contributed by atoms with Crippen molar-refractivity contribution in [2.75, 3.05) is 12.4 Å². The Morgan fingerprint density at radius 2 is 1.96 bits per heavy atom. The van der Waals surface area contributed by atoms with Gasteiger partial charge in [-0.05, 0) is 18.4 Å². The molecule has 1 aliphatic rings. The zero-order valence-corrected chi connectivity index (χ0v) is 14.7. The van der Waals surface area contributed by atoms with Crippen LogP contribution in [0.4, 0.5) is 0 Å². The molecule has 1 aromatic carbocycles. The van der Waals surface area contributed by atoms with Crippen LogP contribution >= 0.6 is 11.8 Å². The summed E-state index contributed by atoms with van der Waals surface area (Å²) in [6.45, 7) is 4.47. The van der Waals surface area contributed by atoms with Crippen molar-refractivity contribution >= 4 is 23.6 Å². The minimum Gasteiger partial charge on any atom is -0.464 e. The third kappa shape index (κ3) is 4.50. The molecule has 1 aliphatic heterocycles. The van der Waals surface area contributed by atoms with Gasteiger partial charge >= 0.3 is 5.97 Å². The summed E-state index contributed by atoms with van der Waals surface area (Å²) >= 11 is 1.64. The summed E-state index contributed by atoms with van der Waals surface area (Å²) in [7, 11) is 0. The van der Waals surface area contributed by atoms with E-state index in [0.29, 0.717) is 18.8 Å². The number of amides is 1. The van der Waals surface area contributed by atoms with Crippen molar-refractivity contribution in [3.63, 3.8) is 0 Å². The topological polar surface area (TPSA) is 46.6 Å². The number of carbonyl (C=O) groups is 2. The van der Waals surface area contributed by atoms with Gasteiger partial charge in [0.15, 0.2) is 0 Å². The molecule has 23 heavy (non-hydrogen) atoms. The predicted octanol–water partition coefficient (Wildman–Crippen LogP) is 3.77. The fraction of sp³-hybridized carbons (Fsp3) is 0.556. The monoisotopic (exact) mass is 335 g/mol. The molecule has 0 spiro atoms. The summed E-state index contributed by atoms with van der Waals surface area (Å²) in [6.07, 6.45) is 3.08. The highest BCUT2D eigenvalue weighted by Crippen LogP contribution is 2.42. The maximum atomic E-state index is 12.6. The first-order valence-electron chi connectivity index (χ1n) is 8.33. The molecular weight excluding hydrogens is 310 g/mol. The van der Waals surface area contributed by atoms with E-state index in [4.69, 9.17) is 4.74 Å². The average Bonchev–Trinajstić information content (AvgIpc) is 3.01. The van der Waals surface area contributed by atoms with Crippen LogP contribution in [0, 0.1) is 0 Å². The first kappa shape index (κ1) is 17.9. The number of thioether (sulfide) groups is 1. The second kappa shape index (κ2) is 8.96. The van der Waals surface area contributed by atoms with Gasteiger partial charge in [-0.3, -0.25) is 4.79 Å². The lowest BCUT2D eigenvalue weighted by atomic mass is 10.1. The molecule has 0 aromatic heterocycles. The Labute approximate surface area is 142 Å². The largest absolute Gasteiger partial charge is 0.464 e. The Hall–Kier alpha value is -1.49. The van der Waals surface area contributed by atoms with Crippen LogP contribution in [-0.2, 0) is 14.3 Å². The van der Waals surface area contributed by atoms with Gasteiger partial charge in [-0.15, -0.1) is 11.8 Å². The molecule has 1 aromatic rings. The van der Waals surface area contributed by atoms with Crippen LogP contribution in [-0.4, -0.2) is 35.2 Å². The fourth-order valence-corrected chi connectivity index (χ4v) is 4.06. The first-order chi connectivity index (χ1) is 11.2. The van der Waals surface area contributed by atoms with Crippen molar-refractivity contribution in [2.45, 2.75) is 50.9 Å². The highest BCUT2D eigenvalue weighted by atomic mass is 32.2. The van der Waals surface area contributed by atoms with E-state index in [1.165, 1.54) is 0 Å². The lowest BCUT2D eigenvalue weighted by Crippen LogP contribution is -2.43. The third-order valence-electron chi connectivity index (χ3n) is 3.85. The number of nitrogens with zero attached hydrogens (tertiary/aromatic N) is 1. The molecule has 0 N–H and O–H groups in total. The van der Waals surface area contributed by atoms with Gasteiger partial charge in [0.05, 0.1) is 6.61 Å². The maximum Gasteiger partial charge on any atom is 0.329 e. The van der Waals surface area contributed by atoms with E-state index in [1.54, 1.807) is 16.7 Å². The number of unbranched alkanes of at least 4 members (excludes halogenated alkanes) is 1. The zero-order valence-electron chi connectivity index (χ0n) is 13.9. The Morgan fingerprint density at radius 1 is 1.22 bits per heavy atom. The second-order valence-corrected chi connectivity index (χ2v) is 6.80. The molecule has 0 radical (unpaired) electrons. The quantitative estimate of drug-likeness (QED) is 0.562. The number of hydrogen-bond acceptors (Lipinski definition) is 4.